The van der Waals surface area contributed by atoms with Crippen molar-refractivity contribution in [1.29, 1.82) is 0 Å². The smallest absolute Gasteiger partial charge is 0.0604 e. The van der Waals surface area contributed by atoms with Crippen molar-refractivity contribution in [3.8, 4) is 0 Å². The van der Waals surface area contributed by atoms with E-state index >= 15 is 0 Å². The molecular weight excluding hydrogens is 121 g/mol. The third-order valence-electron chi connectivity index (χ3n) is 1.03. The average molecular weight is 135 g/mol. The lowest BCUT2D eigenvalue weighted by atomic mass is 10.1. The van der Waals surface area contributed by atoms with Gasteiger partial charge in [-0.3, -0.25) is 0 Å². The summed E-state index contributed by atoms with van der Waals surface area (Å²) < 4.78 is 12.0. The highest BCUT2D eigenvalue weighted by atomic mass is 19.2. The second-order valence-electron chi connectivity index (χ2n) is 2.89. The lowest BCUT2D eigenvalue weighted by molar-refractivity contribution is 0.00926. The van der Waals surface area contributed by atoms with Crippen LogP contribution in [0.4, 0.5) is 4.48 Å². The molecule has 9 heavy (non-hydrogen) atoms. The van der Waals surface area contributed by atoms with E-state index in [2.05, 4.69) is 0 Å². The van der Waals surface area contributed by atoms with Crippen LogP contribution in [0, 0.1) is 0 Å². The summed E-state index contributed by atoms with van der Waals surface area (Å²) in [4.78, 5) is 0. The first-order chi connectivity index (χ1) is 3.92. The van der Waals surface area contributed by atoms with Gasteiger partial charge < -0.3 is 5.11 Å². The van der Waals surface area contributed by atoms with Gasteiger partial charge in [-0.05, 0) is 20.3 Å². The zero-order valence-corrected chi connectivity index (χ0v) is 6.19. The van der Waals surface area contributed by atoms with E-state index in [1.807, 2.05) is 0 Å². The highest BCUT2D eigenvalue weighted by Crippen LogP contribution is 2.06. The fourth-order valence-corrected chi connectivity index (χ4v) is 0.428. The molecule has 0 radical (unpaired) electrons. The van der Waals surface area contributed by atoms with Crippen LogP contribution in [0.15, 0.2) is 0 Å². The van der Waals surface area contributed by atoms with Crippen LogP contribution in [0.3, 0.4) is 0 Å². The first kappa shape index (κ1) is 8.85. The van der Waals surface area contributed by atoms with E-state index in [1.165, 1.54) is 7.05 Å². The summed E-state index contributed by atoms with van der Waals surface area (Å²) in [6.45, 7) is 3.61. The molecule has 0 aromatic heterocycles. The number of halogens is 1. The van der Waals surface area contributed by atoms with E-state index in [0.29, 0.717) is 11.5 Å². The Morgan fingerprint density at radius 3 is 2.11 bits per heavy atom. The van der Waals surface area contributed by atoms with E-state index < -0.39 is 5.60 Å². The Kier molecular flexibility index (Phi) is 3.08. The van der Waals surface area contributed by atoms with Crippen LogP contribution in [0.25, 0.3) is 0 Å². The molecule has 0 aliphatic rings. The van der Waals surface area contributed by atoms with E-state index in [-0.39, 0.29) is 6.54 Å². The summed E-state index contributed by atoms with van der Waals surface area (Å²) in [7, 11) is 1.34. The van der Waals surface area contributed by atoms with E-state index in [9.17, 15) is 4.48 Å². The van der Waals surface area contributed by atoms with Crippen molar-refractivity contribution in [2.75, 3.05) is 13.6 Å². The van der Waals surface area contributed by atoms with Crippen molar-refractivity contribution in [2.24, 2.45) is 0 Å². The molecule has 2 nitrogen and oxygen atoms in total. The zero-order valence-electron chi connectivity index (χ0n) is 6.19. The van der Waals surface area contributed by atoms with Crippen LogP contribution in [0.5, 0.6) is 0 Å². The fraction of sp³-hybridized carbons (Fsp3) is 1.00. The standard InChI is InChI=1S/C6H14FNO/c1-6(2,9)4-5-8(3)7/h9H,4-5H2,1-3H3. The lowest BCUT2D eigenvalue weighted by Gasteiger charge is -2.17. The maximum absolute atomic E-state index is 12.0. The molecule has 0 atom stereocenters. The minimum Gasteiger partial charge on any atom is -0.390 e. The van der Waals surface area contributed by atoms with Gasteiger partial charge in [0.05, 0.1) is 5.60 Å². The van der Waals surface area contributed by atoms with E-state index in [1.54, 1.807) is 13.8 Å². The quantitative estimate of drug-likeness (QED) is 0.583. The molecule has 0 amide bonds. The molecule has 1 N–H and O–H groups in total. The molecule has 0 aromatic rings. The summed E-state index contributed by atoms with van der Waals surface area (Å²) >= 11 is 0. The molecule has 0 bridgehead atoms. The largest absolute Gasteiger partial charge is 0.390 e. The normalized spacial score (nSPS) is 12.7. The number of hydrogen-bond acceptors (Lipinski definition) is 2. The second kappa shape index (κ2) is 3.13. The van der Waals surface area contributed by atoms with Crippen LogP contribution in [0.2, 0.25) is 0 Å². The highest BCUT2D eigenvalue weighted by molar-refractivity contribution is 4.64. The van der Waals surface area contributed by atoms with Gasteiger partial charge in [-0.15, -0.1) is 9.60 Å². The minimum absolute atomic E-state index is 0.281. The molecule has 56 valence electrons. The van der Waals surface area contributed by atoms with Crippen molar-refractivity contribution in [1.82, 2.24) is 5.12 Å². The van der Waals surface area contributed by atoms with E-state index in [0.717, 1.165) is 0 Å². The molecule has 0 spiro atoms. The summed E-state index contributed by atoms with van der Waals surface area (Å²) in [5.74, 6) is 0. The third-order valence-corrected chi connectivity index (χ3v) is 1.03. The molecule has 0 saturated heterocycles. The first-order valence-electron chi connectivity index (χ1n) is 3.01. The number of nitrogens with zero attached hydrogens (tertiary/aromatic N) is 1. The predicted molar refractivity (Wildman–Crippen MR) is 34.7 cm³/mol. The molecule has 0 unspecified atom stereocenters. The van der Waals surface area contributed by atoms with Crippen molar-refractivity contribution in [3.05, 3.63) is 0 Å². The van der Waals surface area contributed by atoms with Crippen molar-refractivity contribution in [3.63, 3.8) is 0 Å². The van der Waals surface area contributed by atoms with E-state index in [4.69, 9.17) is 5.11 Å². The minimum atomic E-state index is -0.750. The molecule has 0 rings (SSSR count). The van der Waals surface area contributed by atoms with Crippen LogP contribution in [0.1, 0.15) is 20.3 Å². The van der Waals surface area contributed by atoms with Gasteiger partial charge in [0, 0.05) is 13.6 Å². The second-order valence-corrected chi connectivity index (χ2v) is 2.89. The molecule has 0 aliphatic carbocycles. The van der Waals surface area contributed by atoms with Crippen molar-refractivity contribution >= 4 is 0 Å². The summed E-state index contributed by atoms with van der Waals surface area (Å²) in [5, 5.41) is 9.64. The average Bonchev–Trinajstić information content (AvgIpc) is 1.59. The number of rotatable bonds is 3. The maximum Gasteiger partial charge on any atom is 0.0604 e. The number of aliphatic hydroxyl groups is 1. The summed E-state index contributed by atoms with van der Waals surface area (Å²) in [5.41, 5.74) is -0.750. The van der Waals surface area contributed by atoms with Crippen molar-refractivity contribution in [2.45, 2.75) is 25.9 Å². The molecular formula is C6H14FNO. The van der Waals surface area contributed by atoms with Gasteiger partial charge >= 0.3 is 0 Å². The van der Waals surface area contributed by atoms with Gasteiger partial charge in [0.25, 0.3) is 0 Å². The van der Waals surface area contributed by atoms with Gasteiger partial charge in [0.2, 0.25) is 0 Å². The maximum atomic E-state index is 12.0. The third kappa shape index (κ3) is 7.85. The molecule has 0 aliphatic heterocycles. The molecule has 0 fully saturated rings. The SMILES string of the molecule is CN(F)CCC(C)(C)O. The number of hydrogen-bond donors (Lipinski definition) is 1. The molecule has 0 heterocycles. The summed E-state index contributed by atoms with van der Waals surface area (Å²) in [6, 6.07) is 0. The van der Waals surface area contributed by atoms with Gasteiger partial charge in [-0.25, -0.2) is 0 Å². The van der Waals surface area contributed by atoms with Crippen molar-refractivity contribution < 1.29 is 9.59 Å². The fourth-order valence-electron chi connectivity index (χ4n) is 0.428. The topological polar surface area (TPSA) is 23.5 Å². The lowest BCUT2D eigenvalue weighted by Crippen LogP contribution is -2.24. The van der Waals surface area contributed by atoms with Crippen LogP contribution in [-0.4, -0.2) is 29.4 Å². The molecule has 3 heteroatoms. The Labute approximate surface area is 55.2 Å². The Bertz CT molecular complexity index is 77.6. The van der Waals surface area contributed by atoms with Gasteiger partial charge in [-0.1, -0.05) is 0 Å². The Morgan fingerprint density at radius 2 is 2.00 bits per heavy atom. The first-order valence-corrected chi connectivity index (χ1v) is 3.01. The van der Waals surface area contributed by atoms with Gasteiger partial charge in [0.1, 0.15) is 0 Å². The highest BCUT2D eigenvalue weighted by Gasteiger charge is 2.12. The summed E-state index contributed by atoms with van der Waals surface area (Å²) in [6.07, 6.45) is 0.458. The monoisotopic (exact) mass is 135 g/mol. The zero-order chi connectivity index (χ0) is 7.49. The Hall–Kier alpha value is -0.150. The Balaban J connectivity index is 3.28. The van der Waals surface area contributed by atoms with Crippen LogP contribution >= 0.6 is 0 Å². The van der Waals surface area contributed by atoms with Crippen LogP contribution < -0.4 is 0 Å². The van der Waals surface area contributed by atoms with Crippen LogP contribution in [-0.2, 0) is 0 Å². The molecule has 0 aromatic carbocycles. The molecule has 0 saturated carbocycles. The predicted octanol–water partition coefficient (Wildman–Crippen LogP) is 0.964. The Morgan fingerprint density at radius 1 is 1.56 bits per heavy atom. The van der Waals surface area contributed by atoms with Gasteiger partial charge in [-0.2, -0.15) is 0 Å². The van der Waals surface area contributed by atoms with Gasteiger partial charge in [0.15, 0.2) is 0 Å².